The maximum atomic E-state index is 9.14. The molecule has 13 heterocycles. The minimum Gasteiger partial charge on any atom is -0.443 e. The molecule has 128 heavy (non-hydrogen) atoms. The number of hydrogen-bond acceptors (Lipinski definition) is 9. The maximum Gasteiger partial charge on any atom is 0.244 e. The third-order valence-electron chi connectivity index (χ3n) is 21.2. The third-order valence-corrected chi connectivity index (χ3v) is 21.2. The molecule has 0 unspecified atom stereocenters. The van der Waals surface area contributed by atoms with Crippen LogP contribution in [0.25, 0.3) is 193 Å². The van der Waals surface area contributed by atoms with E-state index in [0.29, 0.717) is 17.0 Å². The molecule has 635 valence electrons. The quantitative estimate of drug-likeness (QED) is 0.122. The van der Waals surface area contributed by atoms with Gasteiger partial charge in [-0.25, -0.2) is 4.98 Å². The van der Waals surface area contributed by atoms with Crippen LogP contribution in [-0.4, -0.2) is 61.9 Å². The molecule has 0 spiro atoms. The molecule has 25 aromatic rings. The summed E-state index contributed by atoms with van der Waals surface area (Å²) in [5, 5.41) is 1.65. The Morgan fingerprint density at radius 1 is 0.297 bits per heavy atom. The van der Waals surface area contributed by atoms with E-state index in [4.69, 9.17) is 59.2 Å². The first-order chi connectivity index (χ1) is 76.9. The predicted molar refractivity (Wildman–Crippen MR) is 501 cm³/mol. The largest absolute Gasteiger partial charge is 0.443 e. The van der Waals surface area contributed by atoms with Crippen LogP contribution in [-0.2, 0) is 101 Å². The van der Waals surface area contributed by atoms with Crippen LogP contribution < -0.4 is 0 Å². The number of oxazole rings is 1. The van der Waals surface area contributed by atoms with E-state index in [2.05, 4.69) is 70.2 Å². The van der Waals surface area contributed by atoms with Gasteiger partial charge < -0.3 is 26.4 Å². The summed E-state index contributed by atoms with van der Waals surface area (Å²) >= 11 is 0. The number of nitrogens with zero attached hydrogens (tertiary/aromatic N) is 13. The average Bonchev–Trinajstić information content (AvgIpc) is 1.43. The molecule has 13 aromatic heterocycles. The van der Waals surface area contributed by atoms with Gasteiger partial charge in [-0.1, -0.05) is 141 Å². The first-order valence-electron chi connectivity index (χ1n) is 58.0. The molecule has 0 aliphatic heterocycles. The van der Waals surface area contributed by atoms with Crippen LogP contribution in [0.2, 0.25) is 0 Å². The van der Waals surface area contributed by atoms with Crippen molar-refractivity contribution in [2.75, 3.05) is 0 Å². The Morgan fingerprint density at radius 3 is 1.15 bits per heavy atom. The number of benzene rings is 12. The van der Waals surface area contributed by atoms with Crippen molar-refractivity contribution in [1.82, 2.24) is 61.9 Å². The zero-order valence-electron chi connectivity index (χ0n) is 108. The van der Waals surface area contributed by atoms with Gasteiger partial charge in [-0.3, -0.25) is 34.9 Å². The van der Waals surface area contributed by atoms with Gasteiger partial charge in [0.2, 0.25) is 5.89 Å². The standard InChI is InChI=1S/2C23H17N2.2C22H16N3.C19H12N3O.5Ir/c2*1-15-6-5-7-16(2)22(15)17-10-11-21-20(14-17)18-8-3-4-9-19(18)23-24-12-13-25(21)23;1-14-6-5-7-15(2)21(14)20-13-24-22-18-9-4-3-8-16(18)17-10-11-23-12-19(17)25(20)22;1-14-6-5-7-15(2)21(14)20-13-24-22-17-9-4-3-8-16(17)18-12-23-11-10-19(18)25(20)22;1-12-6-7-16-15(10-12)13-4-2-3-5-14(13)18-21-11-17(22(16)18)19-20-8-9-23-19;;;;;/h2*3-8,10-14H,1-2H3;2*3-8,10-13H,1-2H3;2-4,6-11H,1H3;;;;;/q5*-1;;;;;/i3D,4D,5D,6D,7D,8D,10D,11D,12D,13D,14D;3D,4D,8D,10D,11D,12D,13D,14D;2*3D,4D,8D,10D,11D,12D,13D;2D,3D,4D,6D,7D,10D,11D;;;;;. The van der Waals surface area contributed by atoms with Crippen molar-refractivity contribution in [2.24, 2.45) is 0 Å². The molecule has 25 rings (SSSR count). The van der Waals surface area contributed by atoms with Crippen LogP contribution in [0, 0.1) is 92.6 Å². The van der Waals surface area contributed by atoms with E-state index >= 15 is 0 Å². The zero-order chi connectivity index (χ0) is 118. The first-order valence-corrected chi connectivity index (χ1v) is 38.0. The molecular weight excluding hydrogens is 2470 g/mol. The van der Waals surface area contributed by atoms with Crippen LogP contribution in [0.1, 0.15) is 105 Å². The third kappa shape index (κ3) is 15.4. The van der Waals surface area contributed by atoms with Gasteiger partial charge in [0, 0.05) is 215 Å². The second-order valence-electron chi connectivity index (χ2n) is 28.6. The summed E-state index contributed by atoms with van der Waals surface area (Å²) in [5.74, 6) is 0.0699. The Morgan fingerprint density at radius 2 is 0.680 bits per heavy atom. The molecule has 0 aliphatic carbocycles. The van der Waals surface area contributed by atoms with E-state index in [0.717, 1.165) is 48.9 Å². The van der Waals surface area contributed by atoms with Crippen molar-refractivity contribution < 1.29 is 160 Å². The Hall–Kier alpha value is -12.6. The Labute approximate surface area is 862 Å². The smallest absolute Gasteiger partial charge is 0.244 e. The van der Waals surface area contributed by atoms with E-state index < -0.39 is 54.9 Å². The van der Waals surface area contributed by atoms with Crippen molar-refractivity contribution in [3.05, 3.63) is 391 Å². The summed E-state index contributed by atoms with van der Waals surface area (Å²) in [6, 6.07) is 22.0. The summed E-state index contributed by atoms with van der Waals surface area (Å²) in [6.07, 6.45) is -0.637. The number of aryl methyl sites for hydroxylation is 6. The predicted octanol–water partition coefficient (Wildman–Crippen LogP) is 26.1. The van der Waals surface area contributed by atoms with E-state index in [1.54, 1.807) is 15.7 Å². The van der Waals surface area contributed by atoms with Crippen LogP contribution in [0.5, 0.6) is 0 Å². The van der Waals surface area contributed by atoms with Gasteiger partial charge >= 0.3 is 0 Å². The molecule has 14 nitrogen and oxygen atoms in total. The second-order valence-corrected chi connectivity index (χ2v) is 28.6. The summed E-state index contributed by atoms with van der Waals surface area (Å²) in [6.45, 7) is 16.0. The minimum absolute atomic E-state index is 0. The number of pyridine rings is 7. The molecule has 0 saturated heterocycles. The van der Waals surface area contributed by atoms with E-state index in [9.17, 15) is 0 Å². The molecule has 0 bridgehead atoms. The molecule has 19 heteroatoms. The number of hydrogen-bond donors (Lipinski definition) is 0. The van der Waals surface area contributed by atoms with Gasteiger partial charge in [0.15, 0.2) is 0 Å². The molecular formula is C109H78Ir5N13O-5. The van der Waals surface area contributed by atoms with Gasteiger partial charge in [0.25, 0.3) is 0 Å². The van der Waals surface area contributed by atoms with Crippen LogP contribution in [0.4, 0.5) is 0 Å². The van der Waals surface area contributed by atoms with Crippen molar-refractivity contribution in [3.8, 4) is 56.4 Å². The number of imidazole rings is 5. The number of fused-ring (bicyclic) bond motifs is 30. The number of rotatable bonds is 5. The van der Waals surface area contributed by atoms with Crippen molar-refractivity contribution in [2.45, 2.75) is 62.3 Å². The van der Waals surface area contributed by atoms with E-state index in [1.165, 1.54) is 35.1 Å². The van der Waals surface area contributed by atoms with Crippen molar-refractivity contribution >= 4 is 137 Å². The van der Waals surface area contributed by atoms with Crippen molar-refractivity contribution in [3.63, 3.8) is 0 Å². The Balaban J connectivity index is 0.000000146. The normalized spacial score (nSPS) is 15.5. The molecule has 5 radical (unpaired) electrons. The molecule has 0 amide bonds. The SMILES string of the molecule is [2H]c1[c-]c2c(c([2H])c1[2H])c1c([2H])c(-c3c(C)c([2H])c([2H])c([2H])c3C)c([2H])c([2H])c1n1c([2H])c([2H])nc21.[2H]c1[c-]c2c(c([2H])c1[2H])c1c([2H])c(-c3c(C)cccc3C)c([2H])c([2H])c1n1c([2H])c([2H])nc21.[2H]c1[c-]c2c(c([2H])c1[2H])c1c([2H])c(C)c([2H])c([2H])c1n1c(-c3ncco3)c([2H])nc21.[2H]c1[c-]c2c(c([2H])c1[2H])c1c([2H])c([2H])nc([2H])c1n1c(-c3c(C)cccc3C)c([2H])nc21.[2H]c1[c-]c2c(c([2H])c1[2H])c1c([2H])nc([2H])c([2H])c1n1c(-c3c(C)cccc3C)c([2H])nc21.[Ir].[Ir].[Ir].[Ir].[Ir]. The average molecular weight is 2590 g/mol. The fourth-order valence-electron chi connectivity index (χ4n) is 15.8. The molecule has 0 atom stereocenters. The topological polar surface area (TPSA) is 138 Å². The number of aromatic nitrogens is 13. The van der Waals surface area contributed by atoms with Gasteiger partial charge in [-0.05, 0) is 193 Å². The van der Waals surface area contributed by atoms with Crippen LogP contribution in [0.15, 0.2) is 315 Å². The Bertz CT molecular complexity index is 11100. The first kappa shape index (κ1) is 52.0. The fourth-order valence-corrected chi connectivity index (χ4v) is 15.8. The fraction of sp³-hybridized carbons (Fsp3) is 0.0826. The molecule has 0 saturated carbocycles. The summed E-state index contributed by atoms with van der Waals surface area (Å²) in [7, 11) is 0. The summed E-state index contributed by atoms with van der Waals surface area (Å²) < 4.78 is 348. The van der Waals surface area contributed by atoms with Gasteiger partial charge in [-0.2, -0.15) is 0 Å². The molecule has 0 aliphatic rings. The monoisotopic (exact) mass is 2590 g/mol. The maximum absolute atomic E-state index is 9.14. The summed E-state index contributed by atoms with van der Waals surface area (Å²) in [4.78, 5) is 33.0. The molecule has 0 N–H and O–H groups in total. The molecule has 12 aromatic carbocycles. The van der Waals surface area contributed by atoms with Gasteiger partial charge in [0.1, 0.15) is 12.0 Å². The minimum atomic E-state index is -0.466. The Kier molecular flexibility index (Phi) is 15.1. The zero-order valence-corrected chi connectivity index (χ0v) is 79.7. The van der Waals surface area contributed by atoms with Crippen LogP contribution >= 0.6 is 0 Å². The second kappa shape index (κ2) is 37.0. The van der Waals surface area contributed by atoms with E-state index in [1.807, 2.05) is 96.1 Å². The van der Waals surface area contributed by atoms with E-state index in [-0.39, 0.29) is 470 Å². The summed E-state index contributed by atoms with van der Waals surface area (Å²) in [5.41, 5.74) is 10.1. The van der Waals surface area contributed by atoms with Gasteiger partial charge in [-0.15, -0.1) is 148 Å². The van der Waals surface area contributed by atoms with Gasteiger partial charge in [0.05, 0.1) is 85.6 Å². The van der Waals surface area contributed by atoms with Crippen molar-refractivity contribution in [1.29, 1.82) is 0 Å². The van der Waals surface area contributed by atoms with Crippen LogP contribution in [0.3, 0.4) is 0 Å². The molecule has 0 fully saturated rings.